The van der Waals surface area contributed by atoms with E-state index in [2.05, 4.69) is 10.6 Å². The number of aryl methyl sites for hydroxylation is 1. The van der Waals surface area contributed by atoms with Crippen LogP contribution in [0.25, 0.3) is 16.7 Å². The topological polar surface area (TPSA) is 94.0 Å². The SMILES string of the molecule is COCc1nc(NC2CCC(NC(=O)c3ccccc3Cl)CC2)c2c(C)nn(-c3ccccc3)c2n1. The Hall–Kier alpha value is -3.49. The second-order valence-electron chi connectivity index (χ2n) is 9.10. The van der Waals surface area contributed by atoms with Crippen LogP contribution in [0.15, 0.2) is 54.6 Å². The predicted molar refractivity (Wildman–Crippen MR) is 141 cm³/mol. The zero-order chi connectivity index (χ0) is 25.1. The number of carbonyl (C=O) groups is 1. The molecule has 9 heteroatoms. The minimum absolute atomic E-state index is 0.115. The molecule has 2 heterocycles. The van der Waals surface area contributed by atoms with Gasteiger partial charge in [0.05, 0.1) is 27.4 Å². The molecule has 8 nitrogen and oxygen atoms in total. The van der Waals surface area contributed by atoms with Gasteiger partial charge in [-0.15, -0.1) is 0 Å². The summed E-state index contributed by atoms with van der Waals surface area (Å²) in [6.07, 6.45) is 3.55. The number of rotatable bonds is 7. The van der Waals surface area contributed by atoms with Crippen molar-refractivity contribution >= 4 is 34.4 Å². The van der Waals surface area contributed by atoms with Crippen molar-refractivity contribution in [1.29, 1.82) is 0 Å². The smallest absolute Gasteiger partial charge is 0.253 e. The van der Waals surface area contributed by atoms with Gasteiger partial charge in [-0.25, -0.2) is 14.6 Å². The van der Waals surface area contributed by atoms with Gasteiger partial charge in [-0.3, -0.25) is 4.79 Å². The molecule has 0 aliphatic heterocycles. The van der Waals surface area contributed by atoms with Gasteiger partial charge in [0.15, 0.2) is 11.5 Å². The van der Waals surface area contributed by atoms with E-state index in [4.69, 9.17) is 31.4 Å². The molecule has 5 rings (SSSR count). The number of anilines is 1. The Labute approximate surface area is 215 Å². The monoisotopic (exact) mass is 504 g/mol. The van der Waals surface area contributed by atoms with Gasteiger partial charge in [0.25, 0.3) is 5.91 Å². The fraction of sp³-hybridized carbons (Fsp3) is 0.333. The highest BCUT2D eigenvalue weighted by Gasteiger charge is 2.25. The first-order valence-electron chi connectivity index (χ1n) is 12.2. The lowest BCUT2D eigenvalue weighted by Crippen LogP contribution is -2.40. The first-order chi connectivity index (χ1) is 17.5. The van der Waals surface area contributed by atoms with Gasteiger partial charge in [0.1, 0.15) is 12.4 Å². The van der Waals surface area contributed by atoms with Crippen molar-refractivity contribution in [2.45, 2.75) is 51.3 Å². The molecular weight excluding hydrogens is 476 g/mol. The first kappa shape index (κ1) is 24.2. The van der Waals surface area contributed by atoms with Gasteiger partial charge in [-0.2, -0.15) is 5.10 Å². The van der Waals surface area contributed by atoms with E-state index in [0.717, 1.165) is 53.9 Å². The maximum absolute atomic E-state index is 12.7. The number of amides is 1. The minimum Gasteiger partial charge on any atom is -0.377 e. The van der Waals surface area contributed by atoms with E-state index in [1.54, 1.807) is 19.2 Å². The van der Waals surface area contributed by atoms with Crippen LogP contribution >= 0.6 is 11.6 Å². The molecule has 0 unspecified atom stereocenters. The van der Waals surface area contributed by atoms with Crippen molar-refractivity contribution in [2.75, 3.05) is 12.4 Å². The number of para-hydroxylation sites is 1. The largest absolute Gasteiger partial charge is 0.377 e. The number of hydrogen-bond donors (Lipinski definition) is 2. The highest BCUT2D eigenvalue weighted by molar-refractivity contribution is 6.33. The van der Waals surface area contributed by atoms with Crippen molar-refractivity contribution in [1.82, 2.24) is 25.1 Å². The Kier molecular flexibility index (Phi) is 7.16. The number of ether oxygens (including phenoxy) is 1. The van der Waals surface area contributed by atoms with Crippen LogP contribution in [-0.4, -0.2) is 44.8 Å². The van der Waals surface area contributed by atoms with Crippen LogP contribution in [0.3, 0.4) is 0 Å². The first-order valence-corrected chi connectivity index (χ1v) is 12.5. The van der Waals surface area contributed by atoms with Crippen molar-refractivity contribution in [3.63, 3.8) is 0 Å². The molecule has 2 N–H and O–H groups in total. The second-order valence-corrected chi connectivity index (χ2v) is 9.51. The number of nitrogens with zero attached hydrogens (tertiary/aromatic N) is 4. The maximum Gasteiger partial charge on any atom is 0.253 e. The molecule has 1 aliphatic rings. The van der Waals surface area contributed by atoms with Gasteiger partial charge in [-0.05, 0) is 56.9 Å². The molecule has 2 aromatic carbocycles. The number of aromatic nitrogens is 4. The molecule has 186 valence electrons. The summed E-state index contributed by atoms with van der Waals surface area (Å²) in [5.74, 6) is 1.25. The number of fused-ring (bicyclic) bond motifs is 1. The van der Waals surface area contributed by atoms with E-state index in [1.165, 1.54) is 0 Å². The Morgan fingerprint density at radius 3 is 2.44 bits per heavy atom. The van der Waals surface area contributed by atoms with Gasteiger partial charge in [0, 0.05) is 19.2 Å². The van der Waals surface area contributed by atoms with Crippen LogP contribution in [-0.2, 0) is 11.3 Å². The predicted octanol–water partition coefficient (Wildman–Crippen LogP) is 5.08. The summed E-state index contributed by atoms with van der Waals surface area (Å²) in [6, 6.07) is 17.4. The number of hydrogen-bond acceptors (Lipinski definition) is 6. The van der Waals surface area contributed by atoms with E-state index >= 15 is 0 Å². The molecule has 36 heavy (non-hydrogen) atoms. The van der Waals surface area contributed by atoms with Gasteiger partial charge in [-0.1, -0.05) is 41.9 Å². The van der Waals surface area contributed by atoms with E-state index in [-0.39, 0.29) is 18.0 Å². The molecule has 0 saturated heterocycles. The highest BCUT2D eigenvalue weighted by Crippen LogP contribution is 2.30. The lowest BCUT2D eigenvalue weighted by molar-refractivity contribution is 0.0926. The Bertz CT molecular complexity index is 1370. The van der Waals surface area contributed by atoms with Crippen LogP contribution < -0.4 is 10.6 Å². The summed E-state index contributed by atoms with van der Waals surface area (Å²) in [7, 11) is 1.64. The third kappa shape index (κ3) is 5.05. The molecule has 1 amide bonds. The van der Waals surface area contributed by atoms with Crippen molar-refractivity contribution in [3.05, 3.63) is 76.7 Å². The number of benzene rings is 2. The maximum atomic E-state index is 12.7. The van der Waals surface area contributed by atoms with Crippen LogP contribution in [0.2, 0.25) is 5.02 Å². The molecule has 0 bridgehead atoms. The average molecular weight is 505 g/mol. The van der Waals surface area contributed by atoms with E-state index < -0.39 is 0 Å². The van der Waals surface area contributed by atoms with Crippen LogP contribution in [0.5, 0.6) is 0 Å². The zero-order valence-corrected chi connectivity index (χ0v) is 21.1. The second kappa shape index (κ2) is 10.6. The Balaban J connectivity index is 1.33. The van der Waals surface area contributed by atoms with Crippen molar-refractivity contribution in [3.8, 4) is 5.69 Å². The zero-order valence-electron chi connectivity index (χ0n) is 20.4. The molecule has 1 saturated carbocycles. The van der Waals surface area contributed by atoms with E-state index in [9.17, 15) is 4.79 Å². The summed E-state index contributed by atoms with van der Waals surface area (Å²) < 4.78 is 7.20. The van der Waals surface area contributed by atoms with Gasteiger partial charge in [0.2, 0.25) is 0 Å². The lowest BCUT2D eigenvalue weighted by atomic mass is 9.91. The summed E-state index contributed by atoms with van der Waals surface area (Å²) in [5, 5.41) is 12.9. The molecular formula is C27H29ClN6O2. The van der Waals surface area contributed by atoms with Crippen LogP contribution in [0, 0.1) is 6.92 Å². The molecule has 4 aromatic rings. The van der Waals surface area contributed by atoms with Crippen molar-refractivity contribution < 1.29 is 9.53 Å². The molecule has 0 radical (unpaired) electrons. The van der Waals surface area contributed by atoms with E-state index in [1.807, 2.05) is 54.1 Å². The average Bonchev–Trinajstić information content (AvgIpc) is 3.22. The Morgan fingerprint density at radius 2 is 1.72 bits per heavy atom. The number of nitrogens with one attached hydrogen (secondary N) is 2. The third-order valence-corrected chi connectivity index (χ3v) is 6.87. The molecule has 1 fully saturated rings. The number of methoxy groups -OCH3 is 1. The third-order valence-electron chi connectivity index (χ3n) is 6.54. The fourth-order valence-corrected chi connectivity index (χ4v) is 4.98. The quantitative estimate of drug-likeness (QED) is 0.364. The summed E-state index contributed by atoms with van der Waals surface area (Å²) in [4.78, 5) is 22.2. The summed E-state index contributed by atoms with van der Waals surface area (Å²) in [5.41, 5.74) is 3.07. The highest BCUT2D eigenvalue weighted by atomic mass is 35.5. The number of halogens is 1. The molecule has 0 spiro atoms. The van der Waals surface area contributed by atoms with Crippen LogP contribution in [0.4, 0.5) is 5.82 Å². The van der Waals surface area contributed by atoms with Crippen LogP contribution in [0.1, 0.15) is 47.6 Å². The molecule has 1 aliphatic carbocycles. The summed E-state index contributed by atoms with van der Waals surface area (Å²) in [6.45, 7) is 2.29. The van der Waals surface area contributed by atoms with Gasteiger partial charge >= 0.3 is 0 Å². The molecule has 2 aromatic heterocycles. The number of carbonyl (C=O) groups excluding carboxylic acids is 1. The minimum atomic E-state index is -0.123. The Morgan fingerprint density at radius 1 is 1.03 bits per heavy atom. The standard InChI is InChI=1S/C27H29ClN6O2/c1-17-24-25(31-23(16-36-2)32-26(24)34(33-17)20-8-4-3-5-9-20)29-18-12-14-19(15-13-18)30-27(35)21-10-6-7-11-22(21)28/h3-11,18-19H,12-16H2,1-2H3,(H,30,35)(H,29,31,32). The molecule has 0 atom stereocenters. The normalized spacial score (nSPS) is 17.8. The fourth-order valence-electron chi connectivity index (χ4n) is 4.76. The van der Waals surface area contributed by atoms with Gasteiger partial charge < -0.3 is 15.4 Å². The van der Waals surface area contributed by atoms with E-state index in [0.29, 0.717) is 23.0 Å². The van der Waals surface area contributed by atoms with Crippen molar-refractivity contribution in [2.24, 2.45) is 0 Å². The lowest BCUT2D eigenvalue weighted by Gasteiger charge is -2.30. The summed E-state index contributed by atoms with van der Waals surface area (Å²) >= 11 is 6.19.